The maximum absolute atomic E-state index is 11.0. The molecule has 2 rings (SSSR count). The second-order valence-corrected chi connectivity index (χ2v) is 6.57. The van der Waals surface area contributed by atoms with E-state index in [1.54, 1.807) is 23.9 Å². The summed E-state index contributed by atoms with van der Waals surface area (Å²) in [5.74, 6) is 1.81. The molecule has 1 aromatic carbocycles. The van der Waals surface area contributed by atoms with E-state index in [0.29, 0.717) is 0 Å². The van der Waals surface area contributed by atoms with Crippen LogP contribution in [0, 0.1) is 15.5 Å². The highest BCUT2D eigenvalue weighted by molar-refractivity contribution is 7.99. The average molecular weight is 297 g/mol. The van der Waals surface area contributed by atoms with Crippen LogP contribution in [0.2, 0.25) is 0 Å². The van der Waals surface area contributed by atoms with Crippen molar-refractivity contribution in [1.29, 1.82) is 0 Å². The largest absolute Gasteiger partial charge is 0.282 e. The number of nitrogens with zero attached hydrogens (tertiary/aromatic N) is 1. The predicted molar refractivity (Wildman–Crippen MR) is 83.2 cm³/mol. The minimum Gasteiger partial charge on any atom is -0.258 e. The standard InChI is InChI=1S/C14H19NO2S2/c16-15(17)12-6-2-3-7-13(12)19-11-14(10-18)8-4-1-5-9-14/h2-3,6-7,18H,1,4-5,8-11H2. The highest BCUT2D eigenvalue weighted by atomic mass is 32.2. The minimum absolute atomic E-state index is 0.220. The molecule has 1 aliphatic rings. The molecule has 0 N–H and O–H groups in total. The number of rotatable bonds is 5. The number of nitro benzene ring substituents is 1. The molecular formula is C14H19NO2S2. The SMILES string of the molecule is O=[N+]([O-])c1ccccc1SCC1(CS)CCCCC1. The number of nitro groups is 1. The summed E-state index contributed by atoms with van der Waals surface area (Å²) in [5.41, 5.74) is 0.480. The third-order valence-corrected chi connectivity index (χ3v) is 5.93. The van der Waals surface area contributed by atoms with E-state index in [2.05, 4.69) is 12.6 Å². The molecule has 19 heavy (non-hydrogen) atoms. The summed E-state index contributed by atoms with van der Waals surface area (Å²) < 4.78 is 0. The molecule has 0 amide bonds. The molecule has 0 heterocycles. The van der Waals surface area contributed by atoms with Crippen LogP contribution in [0.25, 0.3) is 0 Å². The Hall–Kier alpha value is -0.680. The lowest BCUT2D eigenvalue weighted by molar-refractivity contribution is -0.387. The molecule has 0 aromatic heterocycles. The summed E-state index contributed by atoms with van der Waals surface area (Å²) >= 11 is 6.13. The molecule has 0 saturated heterocycles. The molecule has 0 spiro atoms. The van der Waals surface area contributed by atoms with Gasteiger partial charge in [-0.1, -0.05) is 31.4 Å². The molecule has 3 nitrogen and oxygen atoms in total. The van der Waals surface area contributed by atoms with Gasteiger partial charge in [-0.05, 0) is 30.1 Å². The van der Waals surface area contributed by atoms with Gasteiger partial charge in [0.05, 0.1) is 9.82 Å². The second kappa shape index (κ2) is 6.66. The quantitative estimate of drug-likeness (QED) is 0.375. The van der Waals surface area contributed by atoms with Crippen molar-refractivity contribution in [3.63, 3.8) is 0 Å². The van der Waals surface area contributed by atoms with Crippen LogP contribution in [0.15, 0.2) is 29.2 Å². The maximum Gasteiger partial charge on any atom is 0.282 e. The third kappa shape index (κ3) is 3.66. The van der Waals surface area contributed by atoms with Gasteiger partial charge in [-0.3, -0.25) is 10.1 Å². The Bertz CT molecular complexity index is 445. The lowest BCUT2D eigenvalue weighted by atomic mass is 9.77. The number of benzene rings is 1. The Morgan fingerprint density at radius 3 is 2.58 bits per heavy atom. The zero-order valence-corrected chi connectivity index (χ0v) is 12.6. The van der Waals surface area contributed by atoms with Gasteiger partial charge >= 0.3 is 0 Å². The summed E-state index contributed by atoms with van der Waals surface area (Å²) in [6, 6.07) is 7.01. The fourth-order valence-corrected chi connectivity index (χ4v) is 4.51. The first-order valence-electron chi connectivity index (χ1n) is 6.64. The van der Waals surface area contributed by atoms with E-state index < -0.39 is 0 Å². The van der Waals surface area contributed by atoms with Crippen LogP contribution in [0.5, 0.6) is 0 Å². The Morgan fingerprint density at radius 1 is 1.26 bits per heavy atom. The van der Waals surface area contributed by atoms with Gasteiger partial charge < -0.3 is 0 Å². The first-order valence-corrected chi connectivity index (χ1v) is 8.26. The molecule has 1 fully saturated rings. The van der Waals surface area contributed by atoms with Crippen LogP contribution in [0.4, 0.5) is 5.69 Å². The van der Waals surface area contributed by atoms with Crippen LogP contribution >= 0.6 is 24.4 Å². The third-order valence-electron chi connectivity index (χ3n) is 3.85. The van der Waals surface area contributed by atoms with Gasteiger partial charge in [0.2, 0.25) is 0 Å². The summed E-state index contributed by atoms with van der Waals surface area (Å²) in [4.78, 5) is 11.5. The fourth-order valence-electron chi connectivity index (χ4n) is 2.61. The molecule has 1 saturated carbocycles. The van der Waals surface area contributed by atoms with Crippen molar-refractivity contribution in [3.8, 4) is 0 Å². The highest BCUT2D eigenvalue weighted by Gasteiger charge is 2.31. The topological polar surface area (TPSA) is 43.1 Å². The Balaban J connectivity index is 2.07. The Morgan fingerprint density at radius 2 is 1.95 bits per heavy atom. The molecule has 0 atom stereocenters. The van der Waals surface area contributed by atoms with Crippen molar-refractivity contribution < 1.29 is 4.92 Å². The molecule has 5 heteroatoms. The van der Waals surface area contributed by atoms with E-state index >= 15 is 0 Å². The number of hydrogen-bond acceptors (Lipinski definition) is 4. The van der Waals surface area contributed by atoms with Gasteiger partial charge in [0.25, 0.3) is 5.69 Å². The van der Waals surface area contributed by atoms with Gasteiger partial charge in [0.15, 0.2) is 0 Å². The number of thiol groups is 1. The van der Waals surface area contributed by atoms with Crippen LogP contribution in [-0.4, -0.2) is 16.4 Å². The molecule has 104 valence electrons. The van der Waals surface area contributed by atoms with Gasteiger partial charge in [0.1, 0.15) is 0 Å². The van der Waals surface area contributed by atoms with E-state index in [-0.39, 0.29) is 16.0 Å². The zero-order chi connectivity index (χ0) is 13.7. The van der Waals surface area contributed by atoms with E-state index in [1.165, 1.54) is 32.1 Å². The molecule has 0 bridgehead atoms. The van der Waals surface area contributed by atoms with Crippen LogP contribution in [-0.2, 0) is 0 Å². The molecule has 1 aromatic rings. The average Bonchev–Trinajstić information content (AvgIpc) is 2.46. The monoisotopic (exact) mass is 297 g/mol. The van der Waals surface area contributed by atoms with E-state index in [9.17, 15) is 10.1 Å². The molecule has 0 aliphatic heterocycles. The van der Waals surface area contributed by atoms with Crippen molar-refractivity contribution in [2.45, 2.75) is 37.0 Å². The van der Waals surface area contributed by atoms with Crippen molar-refractivity contribution in [1.82, 2.24) is 0 Å². The Labute approximate surface area is 123 Å². The van der Waals surface area contributed by atoms with Crippen LogP contribution < -0.4 is 0 Å². The number of para-hydroxylation sites is 1. The van der Waals surface area contributed by atoms with Gasteiger partial charge in [-0.2, -0.15) is 12.6 Å². The maximum atomic E-state index is 11.0. The molecule has 0 radical (unpaired) electrons. The van der Waals surface area contributed by atoms with Crippen molar-refractivity contribution in [2.75, 3.05) is 11.5 Å². The highest BCUT2D eigenvalue weighted by Crippen LogP contribution is 2.42. The smallest absolute Gasteiger partial charge is 0.258 e. The molecule has 1 aliphatic carbocycles. The molecular weight excluding hydrogens is 278 g/mol. The minimum atomic E-state index is -0.295. The predicted octanol–water partition coefficient (Wildman–Crippen LogP) is 4.57. The second-order valence-electron chi connectivity index (χ2n) is 5.23. The van der Waals surface area contributed by atoms with Crippen LogP contribution in [0.3, 0.4) is 0 Å². The fraction of sp³-hybridized carbons (Fsp3) is 0.571. The first-order chi connectivity index (χ1) is 9.17. The number of hydrogen-bond donors (Lipinski definition) is 1. The summed E-state index contributed by atoms with van der Waals surface area (Å²) in [5, 5.41) is 11.0. The molecule has 0 unspecified atom stereocenters. The van der Waals surface area contributed by atoms with E-state index in [0.717, 1.165) is 16.4 Å². The van der Waals surface area contributed by atoms with Gasteiger partial charge in [0, 0.05) is 11.8 Å². The van der Waals surface area contributed by atoms with Crippen LogP contribution in [0.1, 0.15) is 32.1 Å². The van der Waals surface area contributed by atoms with Crippen molar-refractivity contribution >= 4 is 30.1 Å². The lowest BCUT2D eigenvalue weighted by Crippen LogP contribution is -2.28. The van der Waals surface area contributed by atoms with Crippen molar-refractivity contribution in [2.24, 2.45) is 5.41 Å². The first kappa shape index (κ1) is 14.7. The Kier molecular flexibility index (Phi) is 5.16. The lowest BCUT2D eigenvalue weighted by Gasteiger charge is -2.35. The summed E-state index contributed by atoms with van der Waals surface area (Å²) in [6.07, 6.45) is 6.23. The summed E-state index contributed by atoms with van der Waals surface area (Å²) in [6.45, 7) is 0. The normalized spacial score (nSPS) is 18.2. The van der Waals surface area contributed by atoms with Crippen molar-refractivity contribution in [3.05, 3.63) is 34.4 Å². The van der Waals surface area contributed by atoms with Gasteiger partial charge in [-0.15, -0.1) is 11.8 Å². The van der Waals surface area contributed by atoms with Gasteiger partial charge in [-0.25, -0.2) is 0 Å². The van der Waals surface area contributed by atoms with E-state index in [4.69, 9.17) is 0 Å². The zero-order valence-electron chi connectivity index (χ0n) is 10.9. The summed E-state index contributed by atoms with van der Waals surface area (Å²) in [7, 11) is 0. The van der Waals surface area contributed by atoms with E-state index in [1.807, 2.05) is 12.1 Å². The number of thioether (sulfide) groups is 1.